The predicted octanol–water partition coefficient (Wildman–Crippen LogP) is 3.66. The number of aliphatic hydroxyl groups is 1. The molecule has 0 spiro atoms. The lowest BCUT2D eigenvalue weighted by molar-refractivity contribution is 0.255. The van der Waals surface area contributed by atoms with Crippen molar-refractivity contribution < 1.29 is 14.3 Å². The van der Waals surface area contributed by atoms with Crippen molar-refractivity contribution in [1.29, 1.82) is 0 Å². The Hall–Kier alpha value is -3.91. The molecule has 1 aromatic heterocycles. The van der Waals surface area contributed by atoms with Crippen LogP contribution in [0.25, 0.3) is 22.0 Å². The van der Waals surface area contributed by atoms with E-state index in [1.165, 1.54) is 18.2 Å². The number of H-pyrrole nitrogens is 1. The maximum atomic E-state index is 14.4. The summed E-state index contributed by atoms with van der Waals surface area (Å²) in [6.45, 7) is -0.283. The monoisotopic (exact) mass is 391 g/mol. The maximum absolute atomic E-state index is 14.4. The molecule has 0 bridgehead atoms. The van der Waals surface area contributed by atoms with E-state index in [1.807, 2.05) is 18.2 Å². The van der Waals surface area contributed by atoms with Crippen LogP contribution in [0.4, 0.5) is 26.4 Å². The summed E-state index contributed by atoms with van der Waals surface area (Å²) in [5.74, 6) is -0.234. The van der Waals surface area contributed by atoms with E-state index >= 15 is 0 Å². The van der Waals surface area contributed by atoms with Gasteiger partial charge in [-0.1, -0.05) is 30.3 Å². The van der Waals surface area contributed by atoms with Crippen LogP contribution in [0, 0.1) is 5.82 Å². The number of nitrogens with zero attached hydrogens (tertiary/aromatic N) is 2. The molecule has 0 atom stereocenters. The maximum Gasteiger partial charge on any atom is 0.323 e. The lowest BCUT2D eigenvalue weighted by Gasteiger charge is -2.22. The quantitative estimate of drug-likeness (QED) is 0.424. The zero-order valence-electron chi connectivity index (χ0n) is 15.3. The first-order valence-corrected chi connectivity index (χ1v) is 8.81. The second kappa shape index (κ2) is 7.25. The highest BCUT2D eigenvalue weighted by atomic mass is 19.1. The van der Waals surface area contributed by atoms with Gasteiger partial charge in [-0.15, -0.1) is 0 Å². The molecule has 0 radical (unpaired) electrons. The van der Waals surface area contributed by atoms with Crippen LogP contribution in [-0.4, -0.2) is 21.3 Å². The fourth-order valence-electron chi connectivity index (χ4n) is 3.34. The van der Waals surface area contributed by atoms with E-state index < -0.39 is 11.8 Å². The summed E-state index contributed by atoms with van der Waals surface area (Å²) in [6.07, 6.45) is 0. The number of benzene rings is 3. The molecule has 4 aromatic rings. The Balaban J connectivity index is 1.78. The van der Waals surface area contributed by atoms with E-state index in [-0.39, 0.29) is 12.3 Å². The lowest BCUT2D eigenvalue weighted by atomic mass is 10.0. The van der Waals surface area contributed by atoms with Gasteiger partial charge in [0.15, 0.2) is 5.82 Å². The van der Waals surface area contributed by atoms with Gasteiger partial charge < -0.3 is 16.6 Å². The van der Waals surface area contributed by atoms with Crippen molar-refractivity contribution in [3.05, 3.63) is 72.0 Å². The van der Waals surface area contributed by atoms with E-state index in [1.54, 1.807) is 24.3 Å². The van der Waals surface area contributed by atoms with Crippen LogP contribution < -0.4 is 16.4 Å². The molecule has 0 fully saturated rings. The molecule has 0 aliphatic heterocycles. The highest BCUT2D eigenvalue weighted by molar-refractivity contribution is 6.02. The number of urea groups is 1. The zero-order chi connectivity index (χ0) is 20.5. The Morgan fingerprint density at radius 3 is 2.59 bits per heavy atom. The summed E-state index contributed by atoms with van der Waals surface area (Å²) in [6, 6.07) is 15.8. The van der Waals surface area contributed by atoms with Crippen molar-refractivity contribution in [3.63, 3.8) is 0 Å². The van der Waals surface area contributed by atoms with Crippen LogP contribution in [-0.2, 0) is 6.61 Å². The van der Waals surface area contributed by atoms with Crippen LogP contribution in [0.2, 0.25) is 0 Å². The highest BCUT2D eigenvalue weighted by Gasteiger charge is 2.20. The summed E-state index contributed by atoms with van der Waals surface area (Å²) in [5, 5.41) is 17.0. The number of halogens is 1. The molecule has 0 aliphatic rings. The number of aliphatic hydroxyl groups excluding tert-OH is 1. The van der Waals surface area contributed by atoms with E-state index in [0.717, 1.165) is 26.9 Å². The fraction of sp³-hybridized carbons (Fsp3) is 0.0476. The number of carbonyl (C=O) groups excluding carboxylic acids is 1. The minimum Gasteiger partial charge on any atom is -0.392 e. The first-order chi connectivity index (χ1) is 14.0. The topological polar surface area (TPSA) is 121 Å². The van der Waals surface area contributed by atoms with E-state index in [0.29, 0.717) is 17.1 Å². The van der Waals surface area contributed by atoms with Crippen molar-refractivity contribution in [2.75, 3.05) is 10.6 Å². The van der Waals surface area contributed by atoms with Crippen LogP contribution >= 0.6 is 0 Å². The Bertz CT molecular complexity index is 1200. The predicted molar refractivity (Wildman–Crippen MR) is 110 cm³/mol. The number of nitrogens with two attached hydrogens (primary N) is 2. The summed E-state index contributed by atoms with van der Waals surface area (Å²) in [5.41, 5.74) is 14.9. The minimum atomic E-state index is -0.840. The number of fused-ring (bicyclic) bond motifs is 1. The first-order valence-electron chi connectivity index (χ1n) is 8.81. The number of hydrogen-bond acceptors (Lipinski definition) is 4. The van der Waals surface area contributed by atoms with Crippen LogP contribution in [0.15, 0.2) is 60.7 Å². The van der Waals surface area contributed by atoms with Gasteiger partial charge in [0, 0.05) is 0 Å². The summed E-state index contributed by atoms with van der Waals surface area (Å²) in [7, 11) is 0. The van der Waals surface area contributed by atoms with Crippen LogP contribution in [0.1, 0.15) is 5.56 Å². The molecule has 0 saturated carbocycles. The summed E-state index contributed by atoms with van der Waals surface area (Å²) >= 11 is 0. The lowest BCUT2D eigenvalue weighted by Crippen LogP contribution is -2.32. The second-order valence-electron chi connectivity index (χ2n) is 6.50. The molecule has 0 unspecified atom stereocenters. The number of rotatable bonds is 4. The third kappa shape index (κ3) is 3.26. The molecule has 6 N–H and O–H groups in total. The Kier molecular flexibility index (Phi) is 4.61. The van der Waals surface area contributed by atoms with Gasteiger partial charge in [0.1, 0.15) is 5.82 Å². The van der Waals surface area contributed by atoms with Gasteiger partial charge in [-0.25, -0.2) is 9.18 Å². The highest BCUT2D eigenvalue weighted by Crippen LogP contribution is 2.34. The molecule has 146 valence electrons. The largest absolute Gasteiger partial charge is 0.392 e. The molecule has 0 aliphatic carbocycles. The normalized spacial score (nSPS) is 11.0. The number of nitrogen functional groups attached to an aromatic ring is 1. The number of amides is 2. The van der Waals surface area contributed by atoms with Crippen molar-refractivity contribution in [2.24, 2.45) is 5.73 Å². The van der Waals surface area contributed by atoms with Crippen LogP contribution in [0.3, 0.4) is 0 Å². The van der Waals surface area contributed by atoms with Gasteiger partial charge >= 0.3 is 6.03 Å². The van der Waals surface area contributed by atoms with Gasteiger partial charge in [0.05, 0.1) is 28.9 Å². The number of nitrogens with one attached hydrogen (secondary N) is 1. The fourth-order valence-corrected chi connectivity index (χ4v) is 3.34. The summed E-state index contributed by atoms with van der Waals surface area (Å²) in [4.78, 5) is 13.1. The van der Waals surface area contributed by atoms with Crippen LogP contribution in [0.5, 0.6) is 0 Å². The number of aromatic nitrogens is 2. The molecule has 7 nitrogen and oxygen atoms in total. The molecule has 29 heavy (non-hydrogen) atoms. The minimum absolute atomic E-state index is 0.0296. The second-order valence-corrected chi connectivity index (χ2v) is 6.50. The molecule has 4 rings (SSSR count). The van der Waals surface area contributed by atoms with Gasteiger partial charge in [-0.2, -0.15) is 5.10 Å². The molecule has 2 amide bonds. The average Bonchev–Trinajstić information content (AvgIpc) is 3.11. The van der Waals surface area contributed by atoms with Gasteiger partial charge in [-0.3, -0.25) is 10.00 Å². The molecular weight excluding hydrogens is 373 g/mol. The van der Waals surface area contributed by atoms with E-state index in [2.05, 4.69) is 10.2 Å². The van der Waals surface area contributed by atoms with Gasteiger partial charge in [0.2, 0.25) is 0 Å². The molecular formula is C21H18FN5O2. The Morgan fingerprint density at radius 2 is 1.90 bits per heavy atom. The van der Waals surface area contributed by atoms with Gasteiger partial charge in [-0.05, 0) is 47.0 Å². The van der Waals surface area contributed by atoms with Crippen molar-refractivity contribution >= 4 is 34.1 Å². The molecule has 8 heteroatoms. The smallest absolute Gasteiger partial charge is 0.323 e. The summed E-state index contributed by atoms with van der Waals surface area (Å²) < 4.78 is 14.4. The Labute approximate surface area is 165 Å². The third-order valence-electron chi connectivity index (χ3n) is 4.71. The zero-order valence-corrected chi connectivity index (χ0v) is 15.3. The van der Waals surface area contributed by atoms with Crippen molar-refractivity contribution in [1.82, 2.24) is 10.2 Å². The number of aromatic amines is 1. The van der Waals surface area contributed by atoms with Crippen molar-refractivity contribution in [2.45, 2.75) is 6.61 Å². The van der Waals surface area contributed by atoms with E-state index in [4.69, 9.17) is 11.5 Å². The first kappa shape index (κ1) is 18.5. The van der Waals surface area contributed by atoms with Crippen molar-refractivity contribution in [3.8, 4) is 11.1 Å². The molecule has 0 saturated heterocycles. The average molecular weight is 391 g/mol. The van der Waals surface area contributed by atoms with Gasteiger partial charge in [0.25, 0.3) is 0 Å². The standard InChI is InChI=1S/C21H18FN5O2/c22-16-9-4-12(11-28)10-18(16)27(21(24)29)14-7-5-13(6-8-14)15-2-1-3-17-19(15)20(23)26-25-17/h1-10,28H,11H2,(H2,24,29)(H3,23,25,26). The third-order valence-corrected chi connectivity index (χ3v) is 4.71. The molecule has 3 aromatic carbocycles. The number of primary amides is 1. The number of carbonyl (C=O) groups is 1. The Morgan fingerprint density at radius 1 is 1.14 bits per heavy atom. The number of anilines is 3. The van der Waals surface area contributed by atoms with E-state index in [9.17, 15) is 14.3 Å². The SMILES string of the molecule is NC(=O)N(c1ccc(-c2cccc3[nH]nc(N)c23)cc1)c1cc(CO)ccc1F. The number of hydrogen-bond donors (Lipinski definition) is 4. The molecule has 1 heterocycles.